The van der Waals surface area contributed by atoms with Crippen molar-refractivity contribution in [2.24, 2.45) is 10.8 Å². The van der Waals surface area contributed by atoms with Gasteiger partial charge in [0.15, 0.2) is 0 Å². The maximum atomic E-state index is 14.0. The van der Waals surface area contributed by atoms with Gasteiger partial charge in [-0.3, -0.25) is 18.6 Å². The summed E-state index contributed by atoms with van der Waals surface area (Å²) in [6.45, 7) is 3.39. The maximum absolute atomic E-state index is 14.0. The Kier molecular flexibility index (Phi) is 9.02. The molecular weight excluding hydrogens is 605 g/mol. The summed E-state index contributed by atoms with van der Waals surface area (Å²) in [7, 11) is -4.21. The largest absolute Gasteiger partial charge is 0.444 e. The van der Waals surface area contributed by atoms with E-state index in [2.05, 4.69) is 15.1 Å². The standard InChI is InChI=1S/C27H29ClFN7O6S/c1-26(2,3)42-25(38)35-12-21-22(24(30)37)23(18-9-10-20(29)19(28)11-18)33-36(21)27(15-35,14-32-34-31)16-41-43(39,40)13-17-7-5-4-6-8-17/h4-11H,12-16H2,1-3H3,(H2,30,37). The van der Waals surface area contributed by atoms with E-state index in [4.69, 9.17) is 26.3 Å². The molecule has 2 heterocycles. The first-order valence-corrected chi connectivity index (χ1v) is 14.9. The summed E-state index contributed by atoms with van der Waals surface area (Å²) >= 11 is 6.00. The fraction of sp³-hybridized carbons (Fsp3) is 0.370. The van der Waals surface area contributed by atoms with Crippen molar-refractivity contribution in [1.82, 2.24) is 14.7 Å². The molecule has 0 aliphatic carbocycles. The highest BCUT2D eigenvalue weighted by Crippen LogP contribution is 2.37. The van der Waals surface area contributed by atoms with Gasteiger partial charge in [0, 0.05) is 10.5 Å². The summed E-state index contributed by atoms with van der Waals surface area (Å²) in [6.07, 6.45) is -0.792. The third-order valence-corrected chi connectivity index (χ3v) is 7.92. The molecule has 228 valence electrons. The van der Waals surface area contributed by atoms with E-state index in [-0.39, 0.29) is 40.6 Å². The number of benzene rings is 2. The van der Waals surface area contributed by atoms with Crippen LogP contribution in [0.2, 0.25) is 5.02 Å². The molecule has 2 N–H and O–H groups in total. The smallest absolute Gasteiger partial charge is 0.410 e. The van der Waals surface area contributed by atoms with E-state index >= 15 is 0 Å². The number of rotatable bonds is 9. The van der Waals surface area contributed by atoms with E-state index in [0.29, 0.717) is 5.56 Å². The number of fused-ring (bicyclic) bond motifs is 1. The van der Waals surface area contributed by atoms with Crippen molar-refractivity contribution in [3.05, 3.63) is 86.6 Å². The number of nitrogens with two attached hydrogens (primary N) is 1. The lowest BCUT2D eigenvalue weighted by molar-refractivity contribution is -0.00102. The summed E-state index contributed by atoms with van der Waals surface area (Å²) in [4.78, 5) is 30.2. The average Bonchev–Trinajstić information content (AvgIpc) is 3.32. The van der Waals surface area contributed by atoms with Crippen LogP contribution in [-0.2, 0) is 36.9 Å². The van der Waals surface area contributed by atoms with E-state index in [1.165, 1.54) is 21.7 Å². The first kappa shape index (κ1) is 31.8. The normalized spacial score (nSPS) is 16.7. The van der Waals surface area contributed by atoms with Crippen molar-refractivity contribution < 1.29 is 31.3 Å². The number of nitrogens with zero attached hydrogens (tertiary/aromatic N) is 6. The van der Waals surface area contributed by atoms with Gasteiger partial charge in [0.1, 0.15) is 28.4 Å². The molecule has 0 radical (unpaired) electrons. The first-order valence-electron chi connectivity index (χ1n) is 12.9. The predicted octanol–water partition coefficient (Wildman–Crippen LogP) is 4.74. The number of carbonyl (C=O) groups is 2. The average molecular weight is 634 g/mol. The van der Waals surface area contributed by atoms with Crippen LogP contribution in [0, 0.1) is 5.82 Å². The molecule has 1 unspecified atom stereocenters. The maximum Gasteiger partial charge on any atom is 0.410 e. The quantitative estimate of drug-likeness (QED) is 0.153. The third-order valence-electron chi connectivity index (χ3n) is 6.47. The Balaban J connectivity index is 1.88. The van der Waals surface area contributed by atoms with Crippen molar-refractivity contribution in [2.45, 2.75) is 44.2 Å². The lowest BCUT2D eigenvalue weighted by Gasteiger charge is -2.42. The summed E-state index contributed by atoms with van der Waals surface area (Å²) < 4.78 is 52.4. The van der Waals surface area contributed by atoms with Crippen molar-refractivity contribution >= 4 is 33.7 Å². The van der Waals surface area contributed by atoms with E-state index in [9.17, 15) is 27.9 Å². The summed E-state index contributed by atoms with van der Waals surface area (Å²) in [5, 5.41) is 8.01. The minimum absolute atomic E-state index is 0.00658. The van der Waals surface area contributed by atoms with Crippen LogP contribution < -0.4 is 5.73 Å². The van der Waals surface area contributed by atoms with Gasteiger partial charge < -0.3 is 10.5 Å². The van der Waals surface area contributed by atoms with Crippen molar-refractivity contribution in [1.29, 1.82) is 0 Å². The Labute approximate surface area is 252 Å². The zero-order chi connectivity index (χ0) is 31.6. The molecule has 1 aliphatic heterocycles. The number of halogens is 2. The molecule has 13 nitrogen and oxygen atoms in total. The Morgan fingerprint density at radius 3 is 2.53 bits per heavy atom. The fourth-order valence-electron chi connectivity index (χ4n) is 4.66. The van der Waals surface area contributed by atoms with Gasteiger partial charge in [-0.05, 0) is 50.1 Å². The Hall–Kier alpha value is -4.17. The Morgan fingerprint density at radius 2 is 1.93 bits per heavy atom. The monoisotopic (exact) mass is 633 g/mol. The zero-order valence-electron chi connectivity index (χ0n) is 23.5. The van der Waals surface area contributed by atoms with Crippen LogP contribution in [-0.4, -0.2) is 60.4 Å². The Morgan fingerprint density at radius 1 is 1.23 bits per heavy atom. The number of hydrogen-bond acceptors (Lipinski definition) is 8. The molecule has 3 aromatic rings. The minimum atomic E-state index is -4.21. The number of ether oxygens (including phenoxy) is 1. The Bertz CT molecular complexity index is 1700. The van der Waals surface area contributed by atoms with Gasteiger partial charge in [0.25, 0.3) is 16.0 Å². The summed E-state index contributed by atoms with van der Waals surface area (Å²) in [6, 6.07) is 12.0. The van der Waals surface area contributed by atoms with Gasteiger partial charge in [0.05, 0.1) is 42.5 Å². The number of azide groups is 1. The molecule has 0 spiro atoms. The van der Waals surface area contributed by atoms with Crippen molar-refractivity contribution in [3.8, 4) is 11.3 Å². The van der Waals surface area contributed by atoms with E-state index in [1.54, 1.807) is 51.1 Å². The lowest BCUT2D eigenvalue weighted by Crippen LogP contribution is -2.57. The number of hydrogen-bond donors (Lipinski definition) is 1. The van der Waals surface area contributed by atoms with E-state index < -0.39 is 58.0 Å². The molecule has 4 rings (SSSR count). The molecule has 1 aromatic heterocycles. The molecule has 0 saturated carbocycles. The van der Waals surface area contributed by atoms with Crippen molar-refractivity contribution in [2.75, 3.05) is 19.7 Å². The van der Waals surface area contributed by atoms with Gasteiger partial charge in [0.2, 0.25) is 0 Å². The molecule has 1 aliphatic rings. The summed E-state index contributed by atoms with van der Waals surface area (Å²) in [5.74, 6) is -2.10. The highest BCUT2D eigenvalue weighted by molar-refractivity contribution is 7.85. The molecule has 2 aromatic carbocycles. The van der Waals surface area contributed by atoms with Gasteiger partial charge in [-0.1, -0.05) is 47.0 Å². The molecule has 2 amide bonds. The first-order chi connectivity index (χ1) is 20.1. The van der Waals surface area contributed by atoms with Crippen LogP contribution in [0.5, 0.6) is 0 Å². The van der Waals surface area contributed by atoms with Crippen molar-refractivity contribution in [3.63, 3.8) is 0 Å². The van der Waals surface area contributed by atoms with Crippen LogP contribution in [0.1, 0.15) is 42.4 Å². The second-order valence-electron chi connectivity index (χ2n) is 11.0. The highest BCUT2D eigenvalue weighted by atomic mass is 35.5. The third kappa shape index (κ3) is 7.25. The molecular formula is C27H29ClFN7O6S. The topological polar surface area (TPSA) is 183 Å². The number of amides is 2. The molecule has 0 saturated heterocycles. The SMILES string of the molecule is CC(C)(C)OC(=O)N1Cc2c(C(N)=O)c(-c3ccc(F)c(Cl)c3)nn2C(CN=[N+]=[N-])(COS(=O)(=O)Cc2ccccc2)C1. The molecule has 0 fully saturated rings. The van der Waals surface area contributed by atoms with E-state index in [0.717, 1.165) is 6.07 Å². The summed E-state index contributed by atoms with van der Waals surface area (Å²) in [5.41, 5.74) is 13.1. The molecule has 43 heavy (non-hydrogen) atoms. The lowest BCUT2D eigenvalue weighted by atomic mass is 9.96. The van der Waals surface area contributed by atoms with E-state index in [1.807, 2.05) is 0 Å². The fourth-order valence-corrected chi connectivity index (χ4v) is 5.93. The van der Waals surface area contributed by atoms with Gasteiger partial charge in [-0.2, -0.15) is 13.5 Å². The van der Waals surface area contributed by atoms with Crippen LogP contribution in [0.4, 0.5) is 9.18 Å². The van der Waals surface area contributed by atoms with Crippen LogP contribution in [0.3, 0.4) is 0 Å². The predicted molar refractivity (Wildman–Crippen MR) is 155 cm³/mol. The van der Waals surface area contributed by atoms with Crippen LogP contribution in [0.15, 0.2) is 53.6 Å². The number of primary amides is 1. The molecule has 1 atom stereocenters. The van der Waals surface area contributed by atoms with Crippen LogP contribution >= 0.6 is 11.6 Å². The van der Waals surface area contributed by atoms with Gasteiger partial charge >= 0.3 is 6.09 Å². The second kappa shape index (κ2) is 12.2. The minimum Gasteiger partial charge on any atom is -0.444 e. The molecule has 0 bridgehead atoms. The highest BCUT2D eigenvalue weighted by Gasteiger charge is 2.46. The van der Waals surface area contributed by atoms with Crippen LogP contribution in [0.25, 0.3) is 21.7 Å². The van der Waals surface area contributed by atoms with Gasteiger partial charge in [-0.15, -0.1) is 0 Å². The zero-order valence-corrected chi connectivity index (χ0v) is 25.1. The second-order valence-corrected chi connectivity index (χ2v) is 13.0. The molecule has 16 heteroatoms. The number of aromatic nitrogens is 2. The van der Waals surface area contributed by atoms with Gasteiger partial charge in [-0.25, -0.2) is 9.18 Å². The number of carbonyl (C=O) groups excluding carboxylic acids is 2.